The van der Waals surface area contributed by atoms with E-state index in [1.165, 1.54) is 5.56 Å². The number of aromatic nitrogens is 2. The summed E-state index contributed by atoms with van der Waals surface area (Å²) >= 11 is 0. The highest BCUT2D eigenvalue weighted by atomic mass is 16.5. The lowest BCUT2D eigenvalue weighted by Gasteiger charge is -2.29. The van der Waals surface area contributed by atoms with Gasteiger partial charge in [-0.25, -0.2) is 0 Å². The number of methoxy groups -OCH3 is 1. The maximum Gasteiger partial charge on any atom is 0.120 e. The van der Waals surface area contributed by atoms with Crippen LogP contribution in [0.15, 0.2) is 30.5 Å². The standard InChI is InChI=1S/C16H24N4O/c1-5-15-14(11-19(2)18-15)16(10-17)20(3)12-7-6-8-13(9-12)21-4/h6-9,11,16H,5,10,17H2,1-4H3. The third-order valence-electron chi connectivity index (χ3n) is 3.78. The van der Waals surface area contributed by atoms with E-state index in [9.17, 15) is 0 Å². The molecule has 0 amide bonds. The van der Waals surface area contributed by atoms with Crippen molar-refractivity contribution < 1.29 is 4.74 Å². The lowest BCUT2D eigenvalue weighted by molar-refractivity contribution is 0.414. The first-order valence-electron chi connectivity index (χ1n) is 7.20. The van der Waals surface area contributed by atoms with Gasteiger partial charge in [0.25, 0.3) is 0 Å². The molecule has 2 rings (SSSR count). The fourth-order valence-corrected chi connectivity index (χ4v) is 2.61. The number of nitrogens with zero attached hydrogens (tertiary/aromatic N) is 3. The van der Waals surface area contributed by atoms with Gasteiger partial charge < -0.3 is 15.4 Å². The molecule has 5 nitrogen and oxygen atoms in total. The Kier molecular flexibility index (Phi) is 4.85. The van der Waals surface area contributed by atoms with E-state index in [2.05, 4.69) is 36.2 Å². The van der Waals surface area contributed by atoms with Gasteiger partial charge in [-0.2, -0.15) is 5.10 Å². The molecule has 0 aliphatic heterocycles. The molecule has 21 heavy (non-hydrogen) atoms. The number of rotatable bonds is 6. The van der Waals surface area contributed by atoms with Crippen molar-refractivity contribution in [2.45, 2.75) is 19.4 Å². The zero-order chi connectivity index (χ0) is 15.4. The normalized spacial score (nSPS) is 12.2. The first-order valence-corrected chi connectivity index (χ1v) is 7.20. The number of aryl methyl sites for hydroxylation is 2. The van der Waals surface area contributed by atoms with Gasteiger partial charge in [-0.15, -0.1) is 0 Å². The smallest absolute Gasteiger partial charge is 0.120 e. The molecule has 1 aromatic carbocycles. The number of anilines is 1. The van der Waals surface area contributed by atoms with E-state index in [0.717, 1.165) is 23.6 Å². The number of benzene rings is 1. The van der Waals surface area contributed by atoms with Crippen LogP contribution in [0.3, 0.4) is 0 Å². The zero-order valence-electron chi connectivity index (χ0n) is 13.2. The second kappa shape index (κ2) is 6.63. The van der Waals surface area contributed by atoms with Crippen molar-refractivity contribution in [1.82, 2.24) is 9.78 Å². The molecule has 0 saturated carbocycles. The van der Waals surface area contributed by atoms with Gasteiger partial charge in [0.1, 0.15) is 5.75 Å². The fraction of sp³-hybridized carbons (Fsp3) is 0.438. The molecule has 0 aliphatic carbocycles. The van der Waals surface area contributed by atoms with Crippen LogP contribution in [0.1, 0.15) is 24.2 Å². The Morgan fingerprint density at radius 3 is 2.81 bits per heavy atom. The van der Waals surface area contributed by atoms with Crippen LogP contribution >= 0.6 is 0 Å². The Balaban J connectivity index is 2.35. The maximum atomic E-state index is 6.04. The summed E-state index contributed by atoms with van der Waals surface area (Å²) in [5.74, 6) is 0.844. The van der Waals surface area contributed by atoms with E-state index in [4.69, 9.17) is 10.5 Å². The maximum absolute atomic E-state index is 6.04. The third-order valence-corrected chi connectivity index (χ3v) is 3.78. The average Bonchev–Trinajstić information content (AvgIpc) is 2.88. The molecule has 1 unspecified atom stereocenters. The molecule has 2 N–H and O–H groups in total. The lowest BCUT2D eigenvalue weighted by atomic mass is 10.0. The summed E-state index contributed by atoms with van der Waals surface area (Å²) in [4.78, 5) is 2.18. The Labute approximate surface area is 126 Å². The zero-order valence-corrected chi connectivity index (χ0v) is 13.2. The second-order valence-corrected chi connectivity index (χ2v) is 5.12. The van der Waals surface area contributed by atoms with E-state index in [-0.39, 0.29) is 6.04 Å². The molecule has 1 atom stereocenters. The quantitative estimate of drug-likeness (QED) is 0.884. The molecule has 0 saturated heterocycles. The van der Waals surface area contributed by atoms with Crippen LogP contribution in [0.2, 0.25) is 0 Å². The highest BCUT2D eigenvalue weighted by Gasteiger charge is 2.21. The van der Waals surface area contributed by atoms with Crippen molar-refractivity contribution in [2.24, 2.45) is 12.8 Å². The van der Waals surface area contributed by atoms with E-state index < -0.39 is 0 Å². The van der Waals surface area contributed by atoms with Crippen molar-refractivity contribution in [3.8, 4) is 5.75 Å². The summed E-state index contributed by atoms with van der Waals surface area (Å²) in [6.07, 6.45) is 2.96. The molecule has 0 spiro atoms. The summed E-state index contributed by atoms with van der Waals surface area (Å²) in [6, 6.07) is 8.11. The number of likely N-dealkylation sites (N-methyl/N-ethyl adjacent to an activating group) is 1. The first kappa shape index (κ1) is 15.4. The van der Waals surface area contributed by atoms with Gasteiger partial charge in [-0.3, -0.25) is 4.68 Å². The van der Waals surface area contributed by atoms with Crippen LogP contribution in [0, 0.1) is 0 Å². The minimum absolute atomic E-state index is 0.0979. The van der Waals surface area contributed by atoms with Crippen LogP contribution in [-0.2, 0) is 13.5 Å². The van der Waals surface area contributed by atoms with Gasteiger partial charge in [-0.05, 0) is 18.6 Å². The van der Waals surface area contributed by atoms with E-state index in [0.29, 0.717) is 6.54 Å². The Morgan fingerprint density at radius 2 is 2.19 bits per heavy atom. The molecular weight excluding hydrogens is 264 g/mol. The Hall–Kier alpha value is -2.01. The van der Waals surface area contributed by atoms with Crippen molar-refractivity contribution in [1.29, 1.82) is 0 Å². The molecule has 1 heterocycles. The van der Waals surface area contributed by atoms with Crippen LogP contribution < -0.4 is 15.4 Å². The minimum atomic E-state index is 0.0979. The van der Waals surface area contributed by atoms with E-state index >= 15 is 0 Å². The largest absolute Gasteiger partial charge is 0.497 e. The van der Waals surface area contributed by atoms with Gasteiger partial charge in [0.2, 0.25) is 0 Å². The molecular formula is C16H24N4O. The van der Waals surface area contributed by atoms with E-state index in [1.807, 2.05) is 29.9 Å². The van der Waals surface area contributed by atoms with E-state index in [1.54, 1.807) is 7.11 Å². The molecule has 0 radical (unpaired) electrons. The summed E-state index contributed by atoms with van der Waals surface area (Å²) < 4.78 is 7.16. The Bertz CT molecular complexity index is 594. The minimum Gasteiger partial charge on any atom is -0.497 e. The monoisotopic (exact) mass is 288 g/mol. The van der Waals surface area contributed by atoms with Gasteiger partial charge in [0.05, 0.1) is 18.8 Å². The van der Waals surface area contributed by atoms with Gasteiger partial charge in [0, 0.05) is 44.2 Å². The number of hydrogen-bond acceptors (Lipinski definition) is 4. The van der Waals surface area contributed by atoms with Gasteiger partial charge >= 0.3 is 0 Å². The van der Waals surface area contributed by atoms with Crippen LogP contribution in [0.4, 0.5) is 5.69 Å². The highest BCUT2D eigenvalue weighted by molar-refractivity contribution is 5.52. The average molecular weight is 288 g/mol. The van der Waals surface area contributed by atoms with Crippen LogP contribution in [0.25, 0.3) is 0 Å². The molecule has 2 aromatic rings. The third kappa shape index (κ3) is 3.19. The summed E-state index contributed by atoms with van der Waals surface area (Å²) in [6.45, 7) is 2.65. The summed E-state index contributed by atoms with van der Waals surface area (Å²) in [5, 5.41) is 4.52. The predicted octanol–water partition coefficient (Wildman–Crippen LogP) is 2.13. The van der Waals surface area contributed by atoms with Gasteiger partial charge in [0.15, 0.2) is 0 Å². The van der Waals surface area contributed by atoms with Crippen molar-refractivity contribution in [3.05, 3.63) is 41.7 Å². The fourth-order valence-electron chi connectivity index (χ4n) is 2.61. The van der Waals surface area contributed by atoms with Crippen LogP contribution in [0.5, 0.6) is 5.75 Å². The first-order chi connectivity index (χ1) is 10.1. The number of hydrogen-bond donors (Lipinski definition) is 1. The molecule has 1 aromatic heterocycles. The van der Waals surface area contributed by atoms with Crippen molar-refractivity contribution in [2.75, 3.05) is 25.6 Å². The number of nitrogens with two attached hydrogens (primary N) is 1. The molecule has 5 heteroatoms. The molecule has 114 valence electrons. The van der Waals surface area contributed by atoms with Crippen molar-refractivity contribution >= 4 is 5.69 Å². The SMILES string of the molecule is CCc1nn(C)cc1C(CN)N(C)c1cccc(OC)c1. The highest BCUT2D eigenvalue weighted by Crippen LogP contribution is 2.29. The second-order valence-electron chi connectivity index (χ2n) is 5.12. The summed E-state index contributed by atoms with van der Waals surface area (Å²) in [5.41, 5.74) is 9.40. The van der Waals surface area contributed by atoms with Gasteiger partial charge in [-0.1, -0.05) is 13.0 Å². The predicted molar refractivity (Wildman–Crippen MR) is 85.8 cm³/mol. The lowest BCUT2D eigenvalue weighted by Crippen LogP contribution is -2.30. The molecule has 0 fully saturated rings. The Morgan fingerprint density at radius 1 is 1.43 bits per heavy atom. The molecule has 0 bridgehead atoms. The topological polar surface area (TPSA) is 56.3 Å². The van der Waals surface area contributed by atoms with Crippen LogP contribution in [-0.4, -0.2) is 30.5 Å². The number of ether oxygens (including phenoxy) is 1. The van der Waals surface area contributed by atoms with Crippen molar-refractivity contribution in [3.63, 3.8) is 0 Å². The molecule has 0 aliphatic rings. The summed E-state index contributed by atoms with van der Waals surface area (Å²) in [7, 11) is 5.68.